The van der Waals surface area contributed by atoms with Crippen LogP contribution in [-0.4, -0.2) is 50.5 Å². The number of anilines is 1. The minimum atomic E-state index is -0.815. The number of benzene rings is 2. The standard InChI is InChI=1S/C27H35N2O6/c1-26(2)16-19(27(3,4)29(26)31)25(30)28-20-13-17(11-12-21(20)32-5)9-10-18-14-22(33-6)24(35-8)23(15-18)34-7/h9-15,19H,16H2,1-8H3,(H,28,30)/b10-9-. The second-order valence-corrected chi connectivity index (χ2v) is 9.76. The lowest BCUT2D eigenvalue weighted by atomic mass is 9.86. The lowest BCUT2D eigenvalue weighted by Gasteiger charge is -2.33. The highest BCUT2D eigenvalue weighted by atomic mass is 16.5. The van der Waals surface area contributed by atoms with Crippen LogP contribution in [0.3, 0.4) is 0 Å². The van der Waals surface area contributed by atoms with Gasteiger partial charge in [-0.15, -0.1) is 10.3 Å². The Morgan fingerprint density at radius 1 is 0.886 bits per heavy atom. The predicted molar refractivity (Wildman–Crippen MR) is 135 cm³/mol. The summed E-state index contributed by atoms with van der Waals surface area (Å²) < 4.78 is 21.7. The lowest BCUT2D eigenvalue weighted by Crippen LogP contribution is -2.48. The fourth-order valence-electron chi connectivity index (χ4n) is 4.70. The number of carbonyl (C=O) groups excluding carboxylic acids is 1. The molecule has 1 N–H and O–H groups in total. The first-order valence-corrected chi connectivity index (χ1v) is 11.4. The van der Waals surface area contributed by atoms with E-state index < -0.39 is 17.0 Å². The van der Waals surface area contributed by atoms with Crippen LogP contribution in [0, 0.1) is 5.92 Å². The molecule has 0 bridgehead atoms. The number of hydrogen-bond acceptors (Lipinski definition) is 6. The van der Waals surface area contributed by atoms with E-state index in [1.807, 2.05) is 64.1 Å². The first-order chi connectivity index (χ1) is 16.5. The van der Waals surface area contributed by atoms with E-state index in [1.54, 1.807) is 34.5 Å². The van der Waals surface area contributed by atoms with Gasteiger partial charge in [-0.2, -0.15) is 0 Å². The first-order valence-electron chi connectivity index (χ1n) is 11.4. The monoisotopic (exact) mass is 483 g/mol. The topological polar surface area (TPSA) is 89.2 Å². The molecular formula is C27H35N2O6. The van der Waals surface area contributed by atoms with Crippen molar-refractivity contribution in [1.82, 2.24) is 5.06 Å². The van der Waals surface area contributed by atoms with E-state index in [9.17, 15) is 10.0 Å². The molecule has 0 aromatic heterocycles. The number of rotatable bonds is 8. The quantitative estimate of drug-likeness (QED) is 0.528. The molecule has 2 aromatic rings. The van der Waals surface area contributed by atoms with Crippen LogP contribution in [0.25, 0.3) is 12.2 Å². The summed E-state index contributed by atoms with van der Waals surface area (Å²) in [5.41, 5.74) is 0.825. The number of nitrogens with zero attached hydrogens (tertiary/aromatic N) is 1. The van der Waals surface area contributed by atoms with Crippen LogP contribution < -0.4 is 24.3 Å². The average Bonchev–Trinajstić information content (AvgIpc) is 3.00. The minimum Gasteiger partial charge on any atom is -0.495 e. The van der Waals surface area contributed by atoms with Crippen molar-refractivity contribution in [3.8, 4) is 23.0 Å². The Balaban J connectivity index is 1.87. The van der Waals surface area contributed by atoms with Gasteiger partial charge < -0.3 is 24.3 Å². The smallest absolute Gasteiger partial charge is 0.229 e. The van der Waals surface area contributed by atoms with E-state index in [-0.39, 0.29) is 5.91 Å². The molecule has 0 aliphatic carbocycles. The number of methoxy groups -OCH3 is 4. The lowest BCUT2D eigenvalue weighted by molar-refractivity contribution is -0.247. The minimum absolute atomic E-state index is 0.203. The van der Waals surface area contributed by atoms with Crippen molar-refractivity contribution in [3.05, 3.63) is 41.5 Å². The maximum atomic E-state index is 13.2. The Morgan fingerprint density at radius 3 is 1.94 bits per heavy atom. The fraction of sp³-hybridized carbons (Fsp3) is 0.444. The molecule has 0 spiro atoms. The normalized spacial score (nSPS) is 18.9. The Bertz CT molecular complexity index is 1080. The molecule has 1 amide bonds. The predicted octanol–water partition coefficient (Wildman–Crippen LogP) is 5.05. The second-order valence-electron chi connectivity index (χ2n) is 9.76. The maximum absolute atomic E-state index is 13.2. The molecule has 1 heterocycles. The SMILES string of the molecule is COc1ccc(/C=C\c2cc(OC)c(OC)c(OC)c2)cc1NC(=O)C1CC(C)(C)N([O])C1(C)C. The number of ether oxygens (including phenoxy) is 4. The Morgan fingerprint density at radius 2 is 1.46 bits per heavy atom. The van der Waals surface area contributed by atoms with Crippen molar-refractivity contribution < 1.29 is 28.9 Å². The van der Waals surface area contributed by atoms with Gasteiger partial charge in [-0.3, -0.25) is 4.79 Å². The summed E-state index contributed by atoms with van der Waals surface area (Å²) in [6.07, 6.45) is 4.30. The van der Waals surface area contributed by atoms with E-state index in [1.165, 1.54) is 0 Å². The van der Waals surface area contributed by atoms with Crippen molar-refractivity contribution in [3.63, 3.8) is 0 Å². The highest BCUT2D eigenvalue weighted by molar-refractivity contribution is 5.95. The molecule has 1 atom stereocenters. The summed E-state index contributed by atoms with van der Waals surface area (Å²) in [7, 11) is 6.26. The van der Waals surface area contributed by atoms with Crippen LogP contribution in [0.2, 0.25) is 0 Å². The number of carbonyl (C=O) groups is 1. The zero-order chi connectivity index (χ0) is 26.0. The largest absolute Gasteiger partial charge is 0.495 e. The van der Waals surface area contributed by atoms with Crippen LogP contribution in [0.1, 0.15) is 45.2 Å². The van der Waals surface area contributed by atoms with E-state index in [2.05, 4.69) is 5.32 Å². The molecule has 8 nitrogen and oxygen atoms in total. The third kappa shape index (κ3) is 5.23. The van der Waals surface area contributed by atoms with Gasteiger partial charge in [0.1, 0.15) is 5.75 Å². The Kier molecular flexibility index (Phi) is 7.67. The molecule has 3 rings (SSSR count). The number of hydroxylamine groups is 2. The molecule has 2 aromatic carbocycles. The van der Waals surface area contributed by atoms with Gasteiger partial charge in [-0.1, -0.05) is 18.2 Å². The van der Waals surface area contributed by atoms with E-state index >= 15 is 0 Å². The average molecular weight is 484 g/mol. The maximum Gasteiger partial charge on any atom is 0.229 e. The number of nitrogens with one attached hydrogen (secondary N) is 1. The molecule has 1 saturated heterocycles. The molecule has 189 valence electrons. The van der Waals surface area contributed by atoms with Crippen LogP contribution >= 0.6 is 0 Å². The van der Waals surface area contributed by atoms with Crippen LogP contribution in [0.15, 0.2) is 30.3 Å². The third-order valence-electron chi connectivity index (χ3n) is 6.58. The summed E-state index contributed by atoms with van der Waals surface area (Å²) in [5.74, 6) is 1.52. The van der Waals surface area contributed by atoms with Crippen LogP contribution in [-0.2, 0) is 10.0 Å². The molecule has 1 unspecified atom stereocenters. The van der Waals surface area contributed by atoms with Gasteiger partial charge in [-0.05, 0) is 69.5 Å². The second kappa shape index (κ2) is 10.2. The molecule has 1 aliphatic heterocycles. The molecule has 1 fully saturated rings. The van der Waals surface area contributed by atoms with Crippen molar-refractivity contribution in [1.29, 1.82) is 0 Å². The van der Waals surface area contributed by atoms with Gasteiger partial charge in [0.25, 0.3) is 0 Å². The van der Waals surface area contributed by atoms with Gasteiger partial charge >= 0.3 is 0 Å². The van der Waals surface area contributed by atoms with Gasteiger partial charge in [0, 0.05) is 5.54 Å². The molecule has 0 saturated carbocycles. The van der Waals surface area contributed by atoms with E-state index in [0.29, 0.717) is 35.1 Å². The van der Waals surface area contributed by atoms with Gasteiger partial charge in [0.05, 0.1) is 45.6 Å². The van der Waals surface area contributed by atoms with Crippen molar-refractivity contribution >= 4 is 23.7 Å². The highest BCUT2D eigenvalue weighted by Gasteiger charge is 2.55. The molecule has 8 heteroatoms. The molecule has 1 aliphatic rings. The van der Waals surface area contributed by atoms with Crippen LogP contribution in [0.5, 0.6) is 23.0 Å². The zero-order valence-electron chi connectivity index (χ0n) is 21.7. The summed E-state index contributed by atoms with van der Waals surface area (Å²) in [6.45, 7) is 7.36. The van der Waals surface area contributed by atoms with Gasteiger partial charge in [-0.25, -0.2) is 0 Å². The van der Waals surface area contributed by atoms with Crippen molar-refractivity contribution in [2.24, 2.45) is 5.92 Å². The van der Waals surface area contributed by atoms with Gasteiger partial charge in [0.2, 0.25) is 11.7 Å². The summed E-state index contributed by atoms with van der Waals surface area (Å²) in [6, 6.07) is 9.23. The molecular weight excluding hydrogens is 448 g/mol. The summed E-state index contributed by atoms with van der Waals surface area (Å²) in [5, 5.41) is 16.7. The summed E-state index contributed by atoms with van der Waals surface area (Å²) in [4.78, 5) is 13.2. The van der Waals surface area contributed by atoms with E-state index in [0.717, 1.165) is 16.2 Å². The fourth-order valence-corrected chi connectivity index (χ4v) is 4.70. The van der Waals surface area contributed by atoms with Gasteiger partial charge in [0.15, 0.2) is 11.5 Å². The first kappa shape index (κ1) is 26.4. The Labute approximate surface area is 207 Å². The number of hydrogen-bond donors (Lipinski definition) is 1. The summed E-state index contributed by atoms with van der Waals surface area (Å²) >= 11 is 0. The molecule has 35 heavy (non-hydrogen) atoms. The zero-order valence-corrected chi connectivity index (χ0v) is 21.7. The third-order valence-corrected chi connectivity index (χ3v) is 6.58. The van der Waals surface area contributed by atoms with E-state index in [4.69, 9.17) is 18.9 Å². The van der Waals surface area contributed by atoms with Crippen molar-refractivity contribution in [2.75, 3.05) is 33.8 Å². The number of amides is 1. The van der Waals surface area contributed by atoms with Crippen molar-refractivity contribution in [2.45, 2.75) is 45.2 Å². The van der Waals surface area contributed by atoms with Crippen LogP contribution in [0.4, 0.5) is 5.69 Å². The molecule has 1 radical (unpaired) electrons. The highest BCUT2D eigenvalue weighted by Crippen LogP contribution is 2.44. The Hall–Kier alpha value is -3.23.